The molecule has 1 aliphatic carbocycles. The van der Waals surface area contributed by atoms with Crippen LogP contribution in [0.3, 0.4) is 0 Å². The maximum atomic E-state index is 12.2. The van der Waals surface area contributed by atoms with Gasteiger partial charge in [-0.25, -0.2) is 9.78 Å². The van der Waals surface area contributed by atoms with E-state index in [4.69, 9.17) is 4.74 Å². The summed E-state index contributed by atoms with van der Waals surface area (Å²) in [6.45, 7) is 0.893. The SMILES string of the molecule is O=C1OC2(CCC(CO)CC2)CCN1c1ccccn1. The Balaban J connectivity index is 1.67. The molecule has 5 nitrogen and oxygen atoms in total. The Bertz CT molecular complexity index is 469. The van der Waals surface area contributed by atoms with Crippen LogP contribution in [-0.2, 0) is 4.74 Å². The van der Waals surface area contributed by atoms with Crippen LogP contribution in [0.2, 0.25) is 0 Å². The van der Waals surface area contributed by atoms with E-state index in [0.717, 1.165) is 32.1 Å². The lowest BCUT2D eigenvalue weighted by Gasteiger charge is -2.44. The van der Waals surface area contributed by atoms with Gasteiger partial charge in [-0.3, -0.25) is 4.90 Å². The minimum Gasteiger partial charge on any atom is -0.442 e. The number of anilines is 1. The van der Waals surface area contributed by atoms with Crippen molar-refractivity contribution in [3.8, 4) is 0 Å². The number of nitrogens with zero attached hydrogens (tertiary/aromatic N) is 2. The topological polar surface area (TPSA) is 62.7 Å². The van der Waals surface area contributed by atoms with E-state index in [9.17, 15) is 9.90 Å². The number of rotatable bonds is 2. The molecule has 2 fully saturated rings. The van der Waals surface area contributed by atoms with Gasteiger partial charge in [0, 0.05) is 25.8 Å². The molecule has 2 heterocycles. The van der Waals surface area contributed by atoms with Gasteiger partial charge < -0.3 is 9.84 Å². The van der Waals surface area contributed by atoms with Crippen molar-refractivity contribution in [2.75, 3.05) is 18.1 Å². The number of aromatic nitrogens is 1. The second-order valence-electron chi connectivity index (χ2n) is 5.77. The predicted octanol–water partition coefficient (Wildman–Crippen LogP) is 2.35. The first-order chi connectivity index (χ1) is 9.72. The molecule has 0 bridgehead atoms. The van der Waals surface area contributed by atoms with E-state index in [0.29, 0.717) is 18.3 Å². The van der Waals surface area contributed by atoms with E-state index in [1.807, 2.05) is 18.2 Å². The lowest BCUT2D eigenvalue weighted by atomic mass is 9.76. The van der Waals surface area contributed by atoms with Gasteiger partial charge in [-0.1, -0.05) is 6.07 Å². The number of hydrogen-bond acceptors (Lipinski definition) is 4. The zero-order valence-corrected chi connectivity index (χ0v) is 11.5. The van der Waals surface area contributed by atoms with Crippen LogP contribution in [-0.4, -0.2) is 34.9 Å². The molecule has 0 radical (unpaired) electrons. The summed E-state index contributed by atoms with van der Waals surface area (Å²) >= 11 is 0. The first kappa shape index (κ1) is 13.4. The minimum atomic E-state index is -0.311. The molecular formula is C15H20N2O3. The summed E-state index contributed by atoms with van der Waals surface area (Å²) in [5.74, 6) is 1.02. The maximum Gasteiger partial charge on any atom is 0.416 e. The summed E-state index contributed by atoms with van der Waals surface area (Å²) in [6.07, 6.45) is 5.82. The van der Waals surface area contributed by atoms with Crippen LogP contribution >= 0.6 is 0 Å². The van der Waals surface area contributed by atoms with Crippen LogP contribution in [0.25, 0.3) is 0 Å². The highest BCUT2D eigenvalue weighted by molar-refractivity contribution is 5.87. The number of ether oxygens (including phenoxy) is 1. The van der Waals surface area contributed by atoms with E-state index in [2.05, 4.69) is 4.98 Å². The largest absolute Gasteiger partial charge is 0.442 e. The Labute approximate surface area is 118 Å². The number of carbonyl (C=O) groups is 1. The van der Waals surface area contributed by atoms with Crippen molar-refractivity contribution in [3.05, 3.63) is 24.4 Å². The van der Waals surface area contributed by atoms with Gasteiger partial charge in [-0.05, 0) is 43.7 Å². The molecule has 0 atom stereocenters. The molecule has 1 N–H and O–H groups in total. The van der Waals surface area contributed by atoms with Crippen LogP contribution in [0.1, 0.15) is 32.1 Å². The zero-order chi connectivity index (χ0) is 14.0. The number of aliphatic hydroxyl groups is 1. The highest BCUT2D eigenvalue weighted by atomic mass is 16.6. The first-order valence-corrected chi connectivity index (χ1v) is 7.25. The van der Waals surface area contributed by atoms with Crippen molar-refractivity contribution < 1.29 is 14.6 Å². The van der Waals surface area contributed by atoms with Gasteiger partial charge >= 0.3 is 6.09 Å². The normalized spacial score (nSPS) is 30.4. The van der Waals surface area contributed by atoms with Crippen LogP contribution in [0.4, 0.5) is 10.6 Å². The van der Waals surface area contributed by atoms with Crippen LogP contribution < -0.4 is 4.90 Å². The fourth-order valence-corrected chi connectivity index (χ4v) is 3.16. The van der Waals surface area contributed by atoms with Crippen LogP contribution in [0, 0.1) is 5.92 Å². The molecular weight excluding hydrogens is 256 g/mol. The molecule has 20 heavy (non-hydrogen) atoms. The number of carbonyl (C=O) groups excluding carboxylic acids is 1. The lowest BCUT2D eigenvalue weighted by molar-refractivity contribution is -0.0449. The van der Waals surface area contributed by atoms with Crippen molar-refractivity contribution in [2.24, 2.45) is 5.92 Å². The van der Waals surface area contributed by atoms with Gasteiger partial charge in [0.05, 0.1) is 0 Å². The van der Waals surface area contributed by atoms with Gasteiger partial charge in [0.1, 0.15) is 11.4 Å². The molecule has 108 valence electrons. The number of aliphatic hydroxyl groups excluding tert-OH is 1. The summed E-state index contributed by atoms with van der Waals surface area (Å²) in [4.78, 5) is 18.0. The second kappa shape index (κ2) is 5.40. The first-order valence-electron chi connectivity index (χ1n) is 7.25. The molecule has 3 rings (SSSR count). The Morgan fingerprint density at radius 3 is 2.75 bits per heavy atom. The highest BCUT2D eigenvalue weighted by Gasteiger charge is 2.43. The number of pyridine rings is 1. The summed E-state index contributed by atoms with van der Waals surface area (Å²) < 4.78 is 5.74. The zero-order valence-electron chi connectivity index (χ0n) is 11.5. The molecule has 2 aliphatic rings. The maximum absolute atomic E-state index is 12.2. The summed E-state index contributed by atoms with van der Waals surface area (Å²) in [7, 11) is 0. The minimum absolute atomic E-state index is 0.240. The smallest absolute Gasteiger partial charge is 0.416 e. The molecule has 0 unspecified atom stereocenters. The Hall–Kier alpha value is -1.62. The lowest BCUT2D eigenvalue weighted by Crippen LogP contribution is -2.51. The molecule has 5 heteroatoms. The molecule has 1 aliphatic heterocycles. The third-order valence-corrected chi connectivity index (χ3v) is 4.52. The van der Waals surface area contributed by atoms with Gasteiger partial charge in [0.25, 0.3) is 0 Å². The summed E-state index contributed by atoms with van der Waals surface area (Å²) in [5.41, 5.74) is -0.311. The second-order valence-corrected chi connectivity index (χ2v) is 5.77. The number of hydrogen-bond donors (Lipinski definition) is 1. The van der Waals surface area contributed by atoms with Gasteiger partial charge in [-0.15, -0.1) is 0 Å². The average Bonchev–Trinajstić information content (AvgIpc) is 2.49. The molecule has 1 saturated heterocycles. The summed E-state index contributed by atoms with van der Waals surface area (Å²) in [6, 6.07) is 5.52. The van der Waals surface area contributed by atoms with E-state index in [-0.39, 0.29) is 18.3 Å². The monoisotopic (exact) mass is 276 g/mol. The third-order valence-electron chi connectivity index (χ3n) is 4.52. The van der Waals surface area contributed by atoms with Crippen molar-refractivity contribution in [1.82, 2.24) is 4.98 Å². The van der Waals surface area contributed by atoms with E-state index >= 15 is 0 Å². The molecule has 1 amide bonds. The Morgan fingerprint density at radius 2 is 2.15 bits per heavy atom. The van der Waals surface area contributed by atoms with Gasteiger partial charge in [-0.2, -0.15) is 0 Å². The standard InChI is InChI=1S/C15H20N2O3/c18-11-12-4-6-15(7-5-12)8-10-17(14(19)20-15)13-3-1-2-9-16-13/h1-3,9,12,18H,4-8,10-11H2. The Kier molecular flexibility index (Phi) is 3.61. The number of amides is 1. The quantitative estimate of drug-likeness (QED) is 0.900. The molecule has 0 aromatic carbocycles. The average molecular weight is 276 g/mol. The fraction of sp³-hybridized carbons (Fsp3) is 0.600. The molecule has 1 aromatic heterocycles. The third kappa shape index (κ3) is 2.50. The van der Waals surface area contributed by atoms with Crippen molar-refractivity contribution in [2.45, 2.75) is 37.7 Å². The Morgan fingerprint density at radius 1 is 1.35 bits per heavy atom. The van der Waals surface area contributed by atoms with E-state index in [1.54, 1.807) is 11.1 Å². The van der Waals surface area contributed by atoms with Crippen molar-refractivity contribution in [1.29, 1.82) is 0 Å². The molecule has 1 spiro atoms. The van der Waals surface area contributed by atoms with E-state index < -0.39 is 0 Å². The van der Waals surface area contributed by atoms with E-state index in [1.165, 1.54) is 0 Å². The van der Waals surface area contributed by atoms with Crippen LogP contribution in [0.15, 0.2) is 24.4 Å². The van der Waals surface area contributed by atoms with Gasteiger partial charge in [0.15, 0.2) is 0 Å². The van der Waals surface area contributed by atoms with Crippen molar-refractivity contribution in [3.63, 3.8) is 0 Å². The summed E-state index contributed by atoms with van der Waals surface area (Å²) in [5, 5.41) is 9.20. The van der Waals surface area contributed by atoms with Gasteiger partial charge in [0.2, 0.25) is 0 Å². The fourth-order valence-electron chi connectivity index (χ4n) is 3.16. The predicted molar refractivity (Wildman–Crippen MR) is 74.5 cm³/mol. The molecule has 1 saturated carbocycles. The molecule has 1 aromatic rings. The van der Waals surface area contributed by atoms with Crippen molar-refractivity contribution >= 4 is 11.9 Å². The highest BCUT2D eigenvalue weighted by Crippen LogP contribution is 2.40. The van der Waals surface area contributed by atoms with Crippen LogP contribution in [0.5, 0.6) is 0 Å².